The molecule has 5 nitrogen and oxygen atoms in total. The van der Waals surface area contributed by atoms with Gasteiger partial charge in [0.1, 0.15) is 5.60 Å². The first-order valence-electron chi connectivity index (χ1n) is 6.94. The summed E-state index contributed by atoms with van der Waals surface area (Å²) in [6.07, 6.45) is -7.62. The molecule has 0 spiro atoms. The molecule has 0 aromatic heterocycles. The van der Waals surface area contributed by atoms with Gasteiger partial charge in [0.2, 0.25) is 0 Å². The van der Waals surface area contributed by atoms with Gasteiger partial charge in [0.25, 0.3) is 0 Å². The van der Waals surface area contributed by atoms with E-state index in [1.54, 1.807) is 30.6 Å². The van der Waals surface area contributed by atoms with E-state index in [1.807, 2.05) is 0 Å². The zero-order valence-corrected chi connectivity index (χ0v) is 12.6. The summed E-state index contributed by atoms with van der Waals surface area (Å²) in [5, 5.41) is 8.95. The standard InChI is InChI=1S/C13H23F3N2O3/c1-12(2,3)21-11(20)18-8-6-17(7-9-18)5-4-10(19)13(14,15)16/h10,19H,4-9H2,1-3H3. The lowest BCUT2D eigenvalue weighted by Gasteiger charge is -2.35. The van der Waals surface area contributed by atoms with Crippen molar-refractivity contribution in [2.45, 2.75) is 45.1 Å². The highest BCUT2D eigenvalue weighted by Gasteiger charge is 2.38. The number of halogens is 3. The fraction of sp³-hybridized carbons (Fsp3) is 0.923. The van der Waals surface area contributed by atoms with Crippen LogP contribution in [0.1, 0.15) is 27.2 Å². The van der Waals surface area contributed by atoms with Crippen molar-refractivity contribution in [2.24, 2.45) is 0 Å². The average molecular weight is 312 g/mol. The quantitative estimate of drug-likeness (QED) is 0.864. The van der Waals surface area contributed by atoms with E-state index < -0.39 is 24.0 Å². The van der Waals surface area contributed by atoms with Gasteiger partial charge in [-0.3, -0.25) is 4.90 Å². The van der Waals surface area contributed by atoms with Crippen molar-refractivity contribution in [1.82, 2.24) is 9.80 Å². The van der Waals surface area contributed by atoms with Crippen LogP contribution in [0, 0.1) is 0 Å². The summed E-state index contributed by atoms with van der Waals surface area (Å²) in [5.41, 5.74) is -0.564. The molecule has 21 heavy (non-hydrogen) atoms. The molecule has 0 aliphatic carbocycles. The van der Waals surface area contributed by atoms with Crippen LogP contribution >= 0.6 is 0 Å². The molecule has 1 aliphatic heterocycles. The molecular formula is C13H23F3N2O3. The Kier molecular flexibility index (Phi) is 5.86. The first-order chi connectivity index (χ1) is 9.49. The zero-order chi connectivity index (χ0) is 16.3. The van der Waals surface area contributed by atoms with E-state index in [9.17, 15) is 18.0 Å². The van der Waals surface area contributed by atoms with Gasteiger partial charge in [-0.05, 0) is 27.2 Å². The molecule has 1 heterocycles. The highest BCUT2D eigenvalue weighted by molar-refractivity contribution is 5.68. The van der Waals surface area contributed by atoms with Gasteiger partial charge in [-0.1, -0.05) is 0 Å². The summed E-state index contributed by atoms with van der Waals surface area (Å²) < 4.78 is 41.8. The monoisotopic (exact) mass is 312 g/mol. The highest BCUT2D eigenvalue weighted by Crippen LogP contribution is 2.22. The lowest BCUT2D eigenvalue weighted by atomic mass is 10.2. The second kappa shape index (κ2) is 6.83. The highest BCUT2D eigenvalue weighted by atomic mass is 19.4. The maximum Gasteiger partial charge on any atom is 0.414 e. The van der Waals surface area contributed by atoms with Gasteiger partial charge in [0, 0.05) is 32.7 Å². The number of piperazine rings is 1. The van der Waals surface area contributed by atoms with Crippen molar-refractivity contribution in [1.29, 1.82) is 0 Å². The maximum atomic E-state index is 12.2. The number of hydrogen-bond donors (Lipinski definition) is 1. The topological polar surface area (TPSA) is 53.0 Å². The van der Waals surface area contributed by atoms with Crippen LogP contribution in [0.3, 0.4) is 0 Å². The summed E-state index contributed by atoms with van der Waals surface area (Å²) in [6.45, 7) is 7.27. The number of nitrogens with zero attached hydrogens (tertiary/aromatic N) is 2. The fourth-order valence-corrected chi connectivity index (χ4v) is 1.95. The van der Waals surface area contributed by atoms with Gasteiger partial charge in [-0.25, -0.2) is 4.79 Å². The van der Waals surface area contributed by atoms with Gasteiger partial charge >= 0.3 is 12.3 Å². The lowest BCUT2D eigenvalue weighted by molar-refractivity contribution is -0.206. The van der Waals surface area contributed by atoms with Gasteiger partial charge in [-0.2, -0.15) is 13.2 Å². The second-order valence-electron chi connectivity index (χ2n) is 6.16. The van der Waals surface area contributed by atoms with Crippen LogP contribution in [0.5, 0.6) is 0 Å². The van der Waals surface area contributed by atoms with E-state index in [-0.39, 0.29) is 13.0 Å². The van der Waals surface area contributed by atoms with Gasteiger partial charge in [0.05, 0.1) is 0 Å². The van der Waals surface area contributed by atoms with Crippen molar-refractivity contribution in [3.8, 4) is 0 Å². The predicted molar refractivity (Wildman–Crippen MR) is 70.9 cm³/mol. The molecule has 1 N–H and O–H groups in total. The number of aliphatic hydroxyl groups excluding tert-OH is 1. The van der Waals surface area contributed by atoms with E-state index in [4.69, 9.17) is 9.84 Å². The van der Waals surface area contributed by atoms with Crippen molar-refractivity contribution >= 4 is 6.09 Å². The predicted octanol–water partition coefficient (Wildman–Crippen LogP) is 1.85. The van der Waals surface area contributed by atoms with Crippen molar-refractivity contribution < 1.29 is 27.8 Å². The molecule has 1 atom stereocenters. The van der Waals surface area contributed by atoms with Crippen LogP contribution < -0.4 is 0 Å². The van der Waals surface area contributed by atoms with E-state index in [0.717, 1.165) is 0 Å². The van der Waals surface area contributed by atoms with Crippen molar-refractivity contribution in [3.63, 3.8) is 0 Å². The first kappa shape index (κ1) is 18.0. The number of carbonyl (C=O) groups is 1. The van der Waals surface area contributed by atoms with Crippen LogP contribution in [0.15, 0.2) is 0 Å². The minimum atomic E-state index is -4.57. The summed E-state index contributed by atoms with van der Waals surface area (Å²) in [7, 11) is 0. The van der Waals surface area contributed by atoms with E-state index in [2.05, 4.69) is 0 Å². The smallest absolute Gasteiger partial charge is 0.414 e. The molecule has 0 bridgehead atoms. The largest absolute Gasteiger partial charge is 0.444 e. The van der Waals surface area contributed by atoms with Crippen LogP contribution in [-0.4, -0.2) is 71.6 Å². The Hall–Kier alpha value is -1.02. The van der Waals surface area contributed by atoms with Crippen molar-refractivity contribution in [3.05, 3.63) is 0 Å². The number of aliphatic hydroxyl groups is 1. The Morgan fingerprint density at radius 2 is 1.71 bits per heavy atom. The Labute approximate surface area is 122 Å². The molecule has 1 amide bonds. The van der Waals surface area contributed by atoms with E-state index in [0.29, 0.717) is 26.2 Å². The maximum absolute atomic E-state index is 12.2. The number of hydrogen-bond acceptors (Lipinski definition) is 4. The molecule has 0 saturated carbocycles. The first-order valence-corrected chi connectivity index (χ1v) is 6.94. The van der Waals surface area contributed by atoms with Crippen LogP contribution in [-0.2, 0) is 4.74 Å². The number of amides is 1. The number of alkyl halides is 3. The molecule has 124 valence electrons. The van der Waals surface area contributed by atoms with Crippen LogP contribution in [0.2, 0.25) is 0 Å². The molecule has 1 unspecified atom stereocenters. The Morgan fingerprint density at radius 3 is 2.14 bits per heavy atom. The molecule has 1 saturated heterocycles. The third kappa shape index (κ3) is 6.52. The molecule has 0 radical (unpaired) electrons. The summed E-state index contributed by atoms with van der Waals surface area (Å²) >= 11 is 0. The minimum Gasteiger partial charge on any atom is -0.444 e. The third-order valence-electron chi connectivity index (χ3n) is 3.12. The molecule has 0 aromatic rings. The Morgan fingerprint density at radius 1 is 1.19 bits per heavy atom. The molecule has 0 aromatic carbocycles. The number of ether oxygens (including phenoxy) is 1. The number of carbonyl (C=O) groups excluding carboxylic acids is 1. The Bertz CT molecular complexity index is 348. The van der Waals surface area contributed by atoms with E-state index in [1.165, 1.54) is 0 Å². The molecule has 8 heteroatoms. The lowest BCUT2D eigenvalue weighted by Crippen LogP contribution is -2.50. The SMILES string of the molecule is CC(C)(C)OC(=O)N1CCN(CCC(O)C(F)(F)F)CC1. The van der Waals surface area contributed by atoms with Gasteiger partial charge < -0.3 is 14.7 Å². The molecule has 1 rings (SSSR count). The molecule has 1 fully saturated rings. The third-order valence-corrected chi connectivity index (χ3v) is 3.12. The van der Waals surface area contributed by atoms with Crippen LogP contribution in [0.4, 0.5) is 18.0 Å². The van der Waals surface area contributed by atoms with Crippen molar-refractivity contribution in [2.75, 3.05) is 32.7 Å². The van der Waals surface area contributed by atoms with Gasteiger partial charge in [-0.15, -0.1) is 0 Å². The zero-order valence-electron chi connectivity index (χ0n) is 12.6. The molecule has 1 aliphatic rings. The Balaban J connectivity index is 2.31. The van der Waals surface area contributed by atoms with Gasteiger partial charge in [0.15, 0.2) is 6.10 Å². The molecular weight excluding hydrogens is 289 g/mol. The number of rotatable bonds is 3. The summed E-state index contributed by atoms with van der Waals surface area (Å²) in [5.74, 6) is 0. The summed E-state index contributed by atoms with van der Waals surface area (Å²) in [4.78, 5) is 15.2. The van der Waals surface area contributed by atoms with E-state index >= 15 is 0 Å². The second-order valence-corrected chi connectivity index (χ2v) is 6.16. The fourth-order valence-electron chi connectivity index (χ4n) is 1.95. The normalized spacial score (nSPS) is 19.5. The average Bonchev–Trinajstić information content (AvgIpc) is 2.33. The van der Waals surface area contributed by atoms with Crippen LogP contribution in [0.25, 0.3) is 0 Å². The summed E-state index contributed by atoms with van der Waals surface area (Å²) in [6, 6.07) is 0. The minimum absolute atomic E-state index is 0.156.